The standard InChI is InChI=1S/C27H26B.C3H4N2/c1-3-23-21-22(2)19-20-27(23)28(24-13-7-4-8-14-24,25-15-9-5-10-16-25)26-17-11-6-12-18-26;1-2-5-3-4-1/h4-21H,3H2,1-2H3;1-3H,(H,4,5)/q-1;. The average molecular weight is 429 g/mol. The molecule has 0 radical (unpaired) electrons. The Balaban J connectivity index is 0.000000459. The molecule has 33 heavy (non-hydrogen) atoms. The van der Waals surface area contributed by atoms with Crippen molar-refractivity contribution in [1.29, 1.82) is 0 Å². The van der Waals surface area contributed by atoms with E-state index in [0.717, 1.165) is 6.42 Å². The van der Waals surface area contributed by atoms with Crippen LogP contribution in [0.1, 0.15) is 18.1 Å². The number of H-pyrrole nitrogens is 1. The van der Waals surface area contributed by atoms with E-state index < -0.39 is 6.15 Å². The van der Waals surface area contributed by atoms with Crippen LogP contribution in [0.2, 0.25) is 0 Å². The second kappa shape index (κ2) is 10.6. The number of rotatable bonds is 5. The predicted octanol–water partition coefficient (Wildman–Crippen LogP) is 4.34. The zero-order chi connectivity index (χ0) is 22.9. The van der Waals surface area contributed by atoms with E-state index in [1.165, 1.54) is 33.0 Å². The highest BCUT2D eigenvalue weighted by atomic mass is 14.8. The van der Waals surface area contributed by atoms with Gasteiger partial charge in [0, 0.05) is 12.4 Å². The van der Waals surface area contributed by atoms with Crippen LogP contribution in [0.3, 0.4) is 0 Å². The fourth-order valence-electron chi connectivity index (χ4n) is 5.02. The highest BCUT2D eigenvalue weighted by molar-refractivity contribution is 7.20. The molecule has 0 saturated carbocycles. The lowest BCUT2D eigenvalue weighted by Gasteiger charge is -2.45. The zero-order valence-corrected chi connectivity index (χ0v) is 19.4. The van der Waals surface area contributed by atoms with E-state index in [0.29, 0.717) is 0 Å². The average Bonchev–Trinajstić information content (AvgIpc) is 3.48. The fraction of sp³-hybridized carbons (Fsp3) is 0.100. The van der Waals surface area contributed by atoms with Crippen molar-refractivity contribution in [3.8, 4) is 0 Å². The molecule has 1 N–H and O–H groups in total. The first-order valence-electron chi connectivity index (χ1n) is 11.6. The maximum Gasteiger partial charge on any atom is 0.108 e. The van der Waals surface area contributed by atoms with E-state index >= 15 is 0 Å². The Morgan fingerprint density at radius 2 is 1.21 bits per heavy atom. The molecule has 3 heteroatoms. The minimum absolute atomic E-state index is 1.02. The maximum atomic E-state index is 3.67. The predicted molar refractivity (Wildman–Crippen MR) is 143 cm³/mol. The van der Waals surface area contributed by atoms with E-state index in [9.17, 15) is 0 Å². The topological polar surface area (TPSA) is 28.7 Å². The molecule has 5 aromatic rings. The summed E-state index contributed by atoms with van der Waals surface area (Å²) in [6, 6.07) is 40.0. The maximum absolute atomic E-state index is 3.67. The van der Waals surface area contributed by atoms with Crippen LogP contribution in [0.15, 0.2) is 128 Å². The van der Waals surface area contributed by atoms with Gasteiger partial charge in [-0.1, -0.05) is 127 Å². The quantitative estimate of drug-likeness (QED) is 0.414. The molecular weight excluding hydrogens is 399 g/mol. The van der Waals surface area contributed by atoms with E-state index in [-0.39, 0.29) is 0 Å². The molecule has 0 fully saturated rings. The minimum Gasteiger partial charge on any atom is -0.351 e. The molecule has 0 aliphatic carbocycles. The van der Waals surface area contributed by atoms with Crippen molar-refractivity contribution in [2.24, 2.45) is 0 Å². The largest absolute Gasteiger partial charge is 0.351 e. The van der Waals surface area contributed by atoms with Crippen LogP contribution in [0.4, 0.5) is 0 Å². The van der Waals surface area contributed by atoms with Crippen molar-refractivity contribution in [3.05, 3.63) is 139 Å². The van der Waals surface area contributed by atoms with Gasteiger partial charge in [-0.15, -0.1) is 0 Å². The summed E-state index contributed by atoms with van der Waals surface area (Å²) in [6.45, 7) is 4.45. The highest BCUT2D eigenvalue weighted by Crippen LogP contribution is 2.14. The molecule has 2 nitrogen and oxygen atoms in total. The van der Waals surface area contributed by atoms with Crippen molar-refractivity contribution >= 4 is 28.0 Å². The van der Waals surface area contributed by atoms with Crippen LogP contribution in [0, 0.1) is 6.92 Å². The van der Waals surface area contributed by atoms with Crippen LogP contribution in [-0.2, 0) is 6.42 Å². The fourth-order valence-corrected chi connectivity index (χ4v) is 5.02. The number of benzene rings is 4. The van der Waals surface area contributed by atoms with Gasteiger partial charge in [-0.3, -0.25) is 0 Å². The summed E-state index contributed by atoms with van der Waals surface area (Å²) < 4.78 is 0. The lowest BCUT2D eigenvalue weighted by Crippen LogP contribution is -2.75. The number of aryl methyl sites for hydroxylation is 2. The molecule has 0 saturated heterocycles. The third-order valence-electron chi connectivity index (χ3n) is 6.45. The number of aromatic nitrogens is 2. The van der Waals surface area contributed by atoms with Crippen LogP contribution in [0.25, 0.3) is 0 Å². The van der Waals surface area contributed by atoms with E-state index in [2.05, 4.69) is 133 Å². The summed E-state index contributed by atoms with van der Waals surface area (Å²) in [7, 11) is 0. The molecule has 0 unspecified atom stereocenters. The summed E-state index contributed by atoms with van der Waals surface area (Å²) in [5.41, 5.74) is 8.25. The van der Waals surface area contributed by atoms with Crippen LogP contribution in [-0.4, -0.2) is 16.1 Å². The molecule has 5 rings (SSSR count). The smallest absolute Gasteiger partial charge is 0.108 e. The summed E-state index contributed by atoms with van der Waals surface area (Å²) in [6.07, 6.45) is 4.84. The van der Waals surface area contributed by atoms with Crippen molar-refractivity contribution in [2.45, 2.75) is 20.3 Å². The third-order valence-corrected chi connectivity index (χ3v) is 6.45. The van der Waals surface area contributed by atoms with Gasteiger partial charge >= 0.3 is 0 Å². The van der Waals surface area contributed by atoms with Gasteiger partial charge in [0.25, 0.3) is 0 Å². The Labute approximate surface area is 197 Å². The monoisotopic (exact) mass is 429 g/mol. The molecular formula is C30H30BN2-. The Hall–Kier alpha value is -3.85. The van der Waals surface area contributed by atoms with Gasteiger partial charge in [-0.25, -0.2) is 4.98 Å². The van der Waals surface area contributed by atoms with Gasteiger partial charge in [-0.05, 0) is 13.3 Å². The molecule has 0 atom stereocenters. The molecule has 1 heterocycles. The zero-order valence-electron chi connectivity index (χ0n) is 19.4. The Bertz CT molecular complexity index is 1120. The number of imidazole rings is 1. The highest BCUT2D eigenvalue weighted by Gasteiger charge is 2.32. The van der Waals surface area contributed by atoms with Gasteiger partial charge in [0.05, 0.1) is 6.33 Å². The molecule has 0 amide bonds. The summed E-state index contributed by atoms with van der Waals surface area (Å²) in [5, 5.41) is 0. The molecule has 0 aliphatic rings. The number of nitrogens with one attached hydrogen (secondary N) is 1. The van der Waals surface area contributed by atoms with Gasteiger partial charge in [0.1, 0.15) is 6.15 Å². The summed E-state index contributed by atoms with van der Waals surface area (Å²) in [5.74, 6) is 0. The number of nitrogens with zero attached hydrogens (tertiary/aromatic N) is 1. The van der Waals surface area contributed by atoms with E-state index in [1.54, 1.807) is 18.7 Å². The molecule has 0 spiro atoms. The van der Waals surface area contributed by atoms with Crippen LogP contribution < -0.4 is 21.9 Å². The molecule has 164 valence electrons. The normalized spacial score (nSPS) is 10.8. The number of hydrogen-bond acceptors (Lipinski definition) is 1. The SMILES string of the molecule is CCc1cc(C)ccc1[B-](c1ccccc1)(c1ccccc1)c1ccccc1.c1c[nH]cn1. The summed E-state index contributed by atoms with van der Waals surface area (Å²) >= 11 is 0. The second-order valence-corrected chi connectivity index (χ2v) is 8.41. The Morgan fingerprint density at radius 1 is 0.697 bits per heavy atom. The first-order valence-corrected chi connectivity index (χ1v) is 11.6. The van der Waals surface area contributed by atoms with Crippen molar-refractivity contribution < 1.29 is 0 Å². The van der Waals surface area contributed by atoms with E-state index in [4.69, 9.17) is 0 Å². The Kier molecular flexibility index (Phi) is 7.21. The minimum atomic E-state index is -1.26. The second-order valence-electron chi connectivity index (χ2n) is 8.41. The van der Waals surface area contributed by atoms with Crippen molar-refractivity contribution in [3.63, 3.8) is 0 Å². The molecule has 1 aromatic heterocycles. The third kappa shape index (κ3) is 4.68. The van der Waals surface area contributed by atoms with Crippen molar-refractivity contribution in [1.82, 2.24) is 9.97 Å². The number of aromatic amines is 1. The first kappa shape index (κ1) is 22.4. The summed E-state index contributed by atoms with van der Waals surface area (Å²) in [4.78, 5) is 6.42. The van der Waals surface area contributed by atoms with Crippen LogP contribution >= 0.6 is 0 Å². The van der Waals surface area contributed by atoms with Gasteiger partial charge in [0.15, 0.2) is 0 Å². The number of hydrogen-bond donors (Lipinski definition) is 1. The van der Waals surface area contributed by atoms with Gasteiger partial charge < -0.3 is 4.98 Å². The lowest BCUT2D eigenvalue weighted by atomic mass is 9.12. The molecule has 4 aromatic carbocycles. The Morgan fingerprint density at radius 3 is 1.58 bits per heavy atom. The van der Waals surface area contributed by atoms with E-state index in [1.807, 2.05) is 0 Å². The van der Waals surface area contributed by atoms with Crippen molar-refractivity contribution in [2.75, 3.05) is 0 Å². The first-order chi connectivity index (χ1) is 16.3. The van der Waals surface area contributed by atoms with Gasteiger partial charge in [-0.2, -0.15) is 21.9 Å². The van der Waals surface area contributed by atoms with Crippen LogP contribution in [0.5, 0.6) is 0 Å². The van der Waals surface area contributed by atoms with Gasteiger partial charge in [0.2, 0.25) is 0 Å². The molecule has 0 aliphatic heterocycles. The molecule has 0 bridgehead atoms. The lowest BCUT2D eigenvalue weighted by molar-refractivity contribution is 1.14.